The number of hydrogen-bond acceptors (Lipinski definition) is 4. The molecule has 0 aromatic carbocycles. The summed E-state index contributed by atoms with van der Waals surface area (Å²) in [4.78, 5) is 4.47. The molecule has 0 bridgehead atoms. The molecular weight excluding hydrogens is 156 g/mol. The van der Waals surface area contributed by atoms with Gasteiger partial charge in [0.1, 0.15) is 0 Å². The molecule has 12 heavy (non-hydrogen) atoms. The third kappa shape index (κ3) is 1.66. The molecule has 0 spiro atoms. The van der Waals surface area contributed by atoms with Crippen LogP contribution < -0.4 is 5.73 Å². The molecule has 1 aliphatic carbocycles. The van der Waals surface area contributed by atoms with E-state index in [2.05, 4.69) is 11.4 Å². The summed E-state index contributed by atoms with van der Waals surface area (Å²) < 4.78 is 0. The van der Waals surface area contributed by atoms with Crippen molar-refractivity contribution in [3.63, 3.8) is 0 Å². The molecule has 2 N–H and O–H groups in total. The predicted octanol–water partition coefficient (Wildman–Crippen LogP) is 1.03. The first-order valence-electron chi connectivity index (χ1n) is 3.51. The van der Waals surface area contributed by atoms with E-state index in [0.29, 0.717) is 23.0 Å². The van der Waals surface area contributed by atoms with Gasteiger partial charge in [0.25, 0.3) is 0 Å². The highest BCUT2D eigenvalue weighted by Crippen LogP contribution is 2.21. The number of allylic oxidation sites excluding steroid dienone is 4. The lowest BCUT2D eigenvalue weighted by molar-refractivity contribution is -0.0580. The zero-order valence-corrected chi connectivity index (χ0v) is 6.91. The van der Waals surface area contributed by atoms with Gasteiger partial charge < -0.3 is 16.2 Å². The first-order chi connectivity index (χ1) is 5.65. The molecule has 0 atom stereocenters. The smallest absolute Gasteiger partial charge is 0.0628 e. The highest BCUT2D eigenvalue weighted by atomic mass is 16.9. The van der Waals surface area contributed by atoms with Gasteiger partial charge in [0.2, 0.25) is 0 Å². The van der Waals surface area contributed by atoms with Gasteiger partial charge in [-0.05, 0) is 17.7 Å². The molecule has 0 amide bonds. The van der Waals surface area contributed by atoms with Crippen LogP contribution in [-0.2, 0) is 4.84 Å². The van der Waals surface area contributed by atoms with Crippen molar-refractivity contribution in [2.45, 2.75) is 6.42 Å². The lowest BCUT2D eigenvalue weighted by Gasteiger charge is -2.31. The molecule has 1 rings (SSSR count). The van der Waals surface area contributed by atoms with E-state index in [-0.39, 0.29) is 0 Å². The zero-order valence-electron chi connectivity index (χ0n) is 6.91. The zero-order chi connectivity index (χ0) is 9.14. The van der Waals surface area contributed by atoms with Crippen LogP contribution in [0.2, 0.25) is 0 Å². The summed E-state index contributed by atoms with van der Waals surface area (Å²) in [5, 5.41) is 11.4. The monoisotopic (exact) mass is 167 g/mol. The molecule has 1 aliphatic rings. The van der Waals surface area contributed by atoms with Gasteiger partial charge in [0.05, 0.1) is 7.11 Å². The van der Waals surface area contributed by atoms with Crippen molar-refractivity contribution in [3.05, 3.63) is 40.9 Å². The second kappa shape index (κ2) is 3.42. The average Bonchev–Trinajstić information content (AvgIpc) is 2.08. The van der Waals surface area contributed by atoms with Crippen LogP contribution in [0.4, 0.5) is 0 Å². The molecule has 4 heteroatoms. The second-order valence-electron chi connectivity index (χ2n) is 2.50. The van der Waals surface area contributed by atoms with Gasteiger partial charge in [-0.15, -0.1) is 0 Å². The average molecular weight is 167 g/mol. The van der Waals surface area contributed by atoms with Crippen molar-refractivity contribution in [1.29, 1.82) is 0 Å². The molecule has 0 radical (unpaired) electrons. The van der Waals surface area contributed by atoms with Crippen molar-refractivity contribution in [2.75, 3.05) is 7.11 Å². The number of nitrogens with two attached hydrogens (primary N) is 1. The Labute approximate surface area is 71.1 Å². The minimum Gasteiger partial charge on any atom is -0.734 e. The van der Waals surface area contributed by atoms with Gasteiger partial charge in [0, 0.05) is 17.8 Å². The van der Waals surface area contributed by atoms with E-state index in [0.717, 1.165) is 5.57 Å². The molecule has 0 aromatic rings. The first kappa shape index (κ1) is 8.83. The molecular formula is C8H11N2O2-. The number of rotatable bonds is 2. The van der Waals surface area contributed by atoms with Crippen LogP contribution >= 0.6 is 0 Å². The second-order valence-corrected chi connectivity index (χ2v) is 2.50. The fourth-order valence-electron chi connectivity index (χ4n) is 0.926. The fraction of sp³-hybridized carbons (Fsp3) is 0.250. The van der Waals surface area contributed by atoms with Gasteiger partial charge >= 0.3 is 0 Å². The number of nitrogens with zero attached hydrogens (tertiary/aromatic N) is 1. The van der Waals surface area contributed by atoms with Crippen LogP contribution in [0, 0.1) is 5.21 Å². The maximum Gasteiger partial charge on any atom is 0.0628 e. The van der Waals surface area contributed by atoms with E-state index >= 15 is 0 Å². The Balaban J connectivity index is 2.76. The van der Waals surface area contributed by atoms with E-state index in [1.165, 1.54) is 7.11 Å². The summed E-state index contributed by atoms with van der Waals surface area (Å²) in [5.41, 5.74) is 7.40. The Morgan fingerprint density at radius 2 is 2.33 bits per heavy atom. The largest absolute Gasteiger partial charge is 0.734 e. The minimum absolute atomic E-state index is 0.444. The van der Waals surface area contributed by atoms with Crippen molar-refractivity contribution < 1.29 is 4.84 Å². The quantitative estimate of drug-likeness (QED) is 0.624. The van der Waals surface area contributed by atoms with Crippen molar-refractivity contribution >= 4 is 0 Å². The van der Waals surface area contributed by atoms with Crippen LogP contribution in [0.3, 0.4) is 0 Å². The molecule has 0 unspecified atom stereocenters. The molecule has 0 heterocycles. The molecule has 0 aromatic heterocycles. The third-order valence-electron chi connectivity index (χ3n) is 1.66. The van der Waals surface area contributed by atoms with E-state index < -0.39 is 0 Å². The summed E-state index contributed by atoms with van der Waals surface area (Å²) in [6.45, 7) is 3.71. The van der Waals surface area contributed by atoms with Crippen molar-refractivity contribution in [3.8, 4) is 0 Å². The predicted molar refractivity (Wildman–Crippen MR) is 46.3 cm³/mol. The highest BCUT2D eigenvalue weighted by Gasteiger charge is 2.08. The standard InChI is InChI=1S/C8H11N2O2/c1-6-5-7(10(11)12-2)3-4-8(6)9/h3-4H,1,5,9H2,2H3/q-1. The molecule has 66 valence electrons. The summed E-state index contributed by atoms with van der Waals surface area (Å²) >= 11 is 0. The van der Waals surface area contributed by atoms with E-state index in [9.17, 15) is 5.21 Å². The molecule has 0 saturated heterocycles. The third-order valence-corrected chi connectivity index (χ3v) is 1.66. The van der Waals surface area contributed by atoms with E-state index in [4.69, 9.17) is 5.73 Å². The van der Waals surface area contributed by atoms with Crippen molar-refractivity contribution in [1.82, 2.24) is 5.23 Å². The van der Waals surface area contributed by atoms with Crippen LogP contribution in [-0.4, -0.2) is 12.3 Å². The maximum absolute atomic E-state index is 10.9. The van der Waals surface area contributed by atoms with Crippen LogP contribution in [0.15, 0.2) is 35.7 Å². The SMILES string of the molecule is C=C1CC(N([O-])OC)=CC=C1N. The topological polar surface area (TPSA) is 61.5 Å². The molecule has 4 nitrogen and oxygen atoms in total. The van der Waals surface area contributed by atoms with Crippen molar-refractivity contribution in [2.24, 2.45) is 5.73 Å². The summed E-state index contributed by atoms with van der Waals surface area (Å²) in [7, 11) is 1.32. The minimum atomic E-state index is 0.444. The summed E-state index contributed by atoms with van der Waals surface area (Å²) in [6, 6.07) is 0. The van der Waals surface area contributed by atoms with Crippen LogP contribution in [0.1, 0.15) is 6.42 Å². The normalized spacial score (nSPS) is 17.0. The van der Waals surface area contributed by atoms with E-state index in [1.54, 1.807) is 12.2 Å². The Hall–Kier alpha value is -1.26. The van der Waals surface area contributed by atoms with Gasteiger partial charge in [-0.3, -0.25) is 4.84 Å². The molecule has 0 saturated carbocycles. The van der Waals surface area contributed by atoms with E-state index in [1.807, 2.05) is 0 Å². The first-order valence-corrected chi connectivity index (χ1v) is 3.51. The Kier molecular flexibility index (Phi) is 2.52. The van der Waals surface area contributed by atoms with Gasteiger partial charge in [-0.2, -0.15) is 0 Å². The highest BCUT2D eigenvalue weighted by molar-refractivity contribution is 5.38. The molecule has 0 fully saturated rings. The summed E-state index contributed by atoms with van der Waals surface area (Å²) in [5.74, 6) is 0. The molecule has 0 aliphatic heterocycles. The maximum atomic E-state index is 10.9. The number of hydroxylamine groups is 2. The fourth-order valence-corrected chi connectivity index (χ4v) is 0.926. The van der Waals surface area contributed by atoms with Crippen LogP contribution in [0.25, 0.3) is 0 Å². The Morgan fingerprint density at radius 3 is 2.83 bits per heavy atom. The Morgan fingerprint density at radius 1 is 1.67 bits per heavy atom. The summed E-state index contributed by atoms with van der Waals surface area (Å²) in [6.07, 6.45) is 3.71. The lowest BCUT2D eigenvalue weighted by atomic mass is 10.0. The van der Waals surface area contributed by atoms with Gasteiger partial charge in [-0.1, -0.05) is 6.58 Å². The lowest BCUT2D eigenvalue weighted by Crippen LogP contribution is -2.17. The Bertz CT molecular complexity index is 256. The number of hydrogen-bond donors (Lipinski definition) is 1. The van der Waals surface area contributed by atoms with Gasteiger partial charge in [-0.25, -0.2) is 0 Å². The van der Waals surface area contributed by atoms with Gasteiger partial charge in [0.15, 0.2) is 0 Å². The van der Waals surface area contributed by atoms with Crippen LogP contribution in [0.5, 0.6) is 0 Å².